The average Bonchev–Trinajstić information content (AvgIpc) is 3.08. The molecule has 0 aliphatic rings. The number of rotatable bonds is 19. The van der Waals surface area contributed by atoms with E-state index in [1.165, 1.54) is 23.8 Å². The summed E-state index contributed by atoms with van der Waals surface area (Å²) >= 11 is 3.20. The molecule has 284 valence electrons. The molecule has 0 amide bonds. The Morgan fingerprint density at radius 1 is 0.720 bits per heavy atom. The van der Waals surface area contributed by atoms with Crippen LogP contribution < -0.4 is 17.0 Å². The topological polar surface area (TPSA) is 90.0 Å². The number of carbonyl (C=O) groups excluding carboxylic acids is 4. The maximum atomic E-state index is 12.7. The van der Waals surface area contributed by atoms with Crippen LogP contribution >= 0.6 is 15.9 Å². The van der Waals surface area contributed by atoms with Gasteiger partial charge in [0.25, 0.3) is 0 Å². The first-order chi connectivity index (χ1) is 23.3. The quantitative estimate of drug-likeness (QED) is 0.0882. The zero-order valence-electron chi connectivity index (χ0n) is 32.5. The molecule has 0 unspecified atom stereocenters. The van der Waals surface area contributed by atoms with Crippen molar-refractivity contribution in [2.24, 2.45) is 0 Å². The van der Waals surface area contributed by atoms with E-state index in [1.54, 1.807) is 0 Å². The largest absolute Gasteiger partial charge is 1.00 e. The van der Waals surface area contributed by atoms with Crippen molar-refractivity contribution in [2.75, 3.05) is 58.4 Å². The standard InChI is InChI=1S/C20H32NO3.C15H23NO.C5H9BrO2.BrH/c1-6-10-20(23)24-15-21(7-2,8-3)14-18(22)13-19-16(4)11-9-12-17(19)5;1-5-16(6-2)11-14(17)10-15-12(3)8-7-9-13(15)4;1-8-5(7)3-2-4-6;/h9,11-12H,6-8,10,13-15H2,1-5H3;7-9H,5-6,10-11H2,1-4H3;2-4H2,1H3;1H/q+1;;;/p-1. The van der Waals surface area contributed by atoms with Crippen LogP contribution in [0.25, 0.3) is 0 Å². The van der Waals surface area contributed by atoms with Crippen molar-refractivity contribution in [3.05, 3.63) is 69.8 Å². The molecule has 50 heavy (non-hydrogen) atoms. The Kier molecular flexibility index (Phi) is 28.1. The van der Waals surface area contributed by atoms with Gasteiger partial charge in [-0.3, -0.25) is 28.6 Å². The van der Waals surface area contributed by atoms with Crippen molar-refractivity contribution in [3.8, 4) is 0 Å². The maximum absolute atomic E-state index is 12.7. The van der Waals surface area contributed by atoms with Gasteiger partial charge in [0.2, 0.25) is 6.73 Å². The maximum Gasteiger partial charge on any atom is 0.310 e. The van der Waals surface area contributed by atoms with Crippen LogP contribution in [0.2, 0.25) is 0 Å². The summed E-state index contributed by atoms with van der Waals surface area (Å²) in [4.78, 5) is 48.8. The lowest BCUT2D eigenvalue weighted by Gasteiger charge is -2.35. The van der Waals surface area contributed by atoms with Crippen molar-refractivity contribution >= 4 is 39.4 Å². The van der Waals surface area contributed by atoms with Crippen molar-refractivity contribution in [2.45, 2.75) is 101 Å². The molecule has 0 aromatic heterocycles. The second-order valence-electron chi connectivity index (χ2n) is 12.5. The summed E-state index contributed by atoms with van der Waals surface area (Å²) in [5, 5.41) is 0.863. The van der Waals surface area contributed by atoms with Crippen LogP contribution in [0.5, 0.6) is 0 Å². The summed E-state index contributed by atoms with van der Waals surface area (Å²) in [5.74, 6) is 0.197. The number of hydrogen-bond donors (Lipinski definition) is 0. The lowest BCUT2D eigenvalue weighted by Crippen LogP contribution is -3.00. The minimum atomic E-state index is -0.177. The number of nitrogens with zero attached hydrogens (tertiary/aromatic N) is 2. The summed E-state index contributed by atoms with van der Waals surface area (Å²) in [6, 6.07) is 12.3. The fraction of sp³-hybridized carbons (Fsp3) is 0.600. The zero-order valence-corrected chi connectivity index (χ0v) is 35.6. The summed E-state index contributed by atoms with van der Waals surface area (Å²) < 4.78 is 10.3. The molecule has 0 aliphatic heterocycles. The summed E-state index contributed by atoms with van der Waals surface area (Å²) in [7, 11) is 1.40. The fourth-order valence-electron chi connectivity index (χ4n) is 5.31. The molecule has 0 heterocycles. The SMILES string of the molecule is CCCC(=O)OC[N+](CC)(CC)CC(=O)Cc1c(C)cccc1C.CCN(CC)CC(=O)Cc1c(C)cccc1C.COC(=O)CCCBr.[Br-]. The third kappa shape index (κ3) is 19.8. The first-order valence-electron chi connectivity index (χ1n) is 17.8. The van der Waals surface area contributed by atoms with Gasteiger partial charge in [0.05, 0.1) is 26.7 Å². The number of quaternary nitrogens is 1. The number of ether oxygens (including phenoxy) is 2. The molecule has 0 saturated heterocycles. The van der Waals surface area contributed by atoms with E-state index in [4.69, 9.17) is 4.74 Å². The number of aryl methyl sites for hydroxylation is 4. The van der Waals surface area contributed by atoms with Gasteiger partial charge >= 0.3 is 11.9 Å². The van der Waals surface area contributed by atoms with Gasteiger partial charge in [0, 0.05) is 31.0 Å². The van der Waals surface area contributed by atoms with Crippen molar-refractivity contribution < 1.29 is 50.1 Å². The molecule has 2 rings (SSSR count). The lowest BCUT2D eigenvalue weighted by atomic mass is 9.98. The molecule has 0 fully saturated rings. The molecular formula is C40H64Br2N2O6. The molecule has 10 heteroatoms. The Labute approximate surface area is 322 Å². The molecule has 8 nitrogen and oxygen atoms in total. The van der Waals surface area contributed by atoms with Gasteiger partial charge in [-0.2, -0.15) is 0 Å². The van der Waals surface area contributed by atoms with E-state index < -0.39 is 0 Å². The van der Waals surface area contributed by atoms with E-state index in [-0.39, 0.29) is 41.4 Å². The highest BCUT2D eigenvalue weighted by Gasteiger charge is 2.29. The third-order valence-corrected chi connectivity index (χ3v) is 9.44. The number of ketones is 2. The first kappa shape index (κ1) is 49.7. The fourth-order valence-corrected chi connectivity index (χ4v) is 5.59. The van der Waals surface area contributed by atoms with Crippen molar-refractivity contribution in [3.63, 3.8) is 0 Å². The highest BCUT2D eigenvalue weighted by Crippen LogP contribution is 2.17. The van der Waals surface area contributed by atoms with Crippen LogP contribution in [0.15, 0.2) is 36.4 Å². The highest BCUT2D eigenvalue weighted by atomic mass is 79.9. The molecule has 0 N–H and O–H groups in total. The van der Waals surface area contributed by atoms with E-state index in [0.717, 1.165) is 61.0 Å². The second kappa shape index (κ2) is 28.2. The summed E-state index contributed by atoms with van der Waals surface area (Å²) in [5.41, 5.74) is 7.07. The van der Waals surface area contributed by atoms with Gasteiger partial charge in [0.15, 0.2) is 11.6 Å². The molecule has 0 saturated carbocycles. The number of carbonyl (C=O) groups is 4. The van der Waals surface area contributed by atoms with Gasteiger partial charge in [-0.1, -0.05) is 73.1 Å². The lowest BCUT2D eigenvalue weighted by molar-refractivity contribution is -0.933. The van der Waals surface area contributed by atoms with E-state index in [9.17, 15) is 19.2 Å². The minimum Gasteiger partial charge on any atom is -1.00 e. The molecule has 0 radical (unpaired) electrons. The number of alkyl halides is 1. The third-order valence-electron chi connectivity index (χ3n) is 8.88. The second-order valence-corrected chi connectivity index (χ2v) is 13.3. The molecule has 0 atom stereocenters. The Morgan fingerprint density at radius 3 is 1.56 bits per heavy atom. The number of halogens is 2. The predicted octanol–water partition coefficient (Wildman–Crippen LogP) is 4.67. The van der Waals surface area contributed by atoms with Crippen LogP contribution in [-0.4, -0.2) is 91.3 Å². The number of esters is 2. The minimum absolute atomic E-state index is 0. The van der Waals surface area contributed by atoms with Crippen molar-refractivity contribution in [1.82, 2.24) is 4.90 Å². The zero-order chi connectivity index (χ0) is 37.4. The number of likely N-dealkylation sites (N-methyl/N-ethyl adjacent to an activating group) is 2. The summed E-state index contributed by atoms with van der Waals surface area (Å²) in [6.45, 7) is 23.2. The van der Waals surface area contributed by atoms with Gasteiger partial charge in [0.1, 0.15) is 6.54 Å². The summed E-state index contributed by atoms with van der Waals surface area (Å²) in [6.07, 6.45) is 3.59. The smallest absolute Gasteiger partial charge is 0.310 e. The Bertz CT molecular complexity index is 1250. The number of hydrogen-bond acceptors (Lipinski definition) is 7. The van der Waals surface area contributed by atoms with E-state index in [0.29, 0.717) is 49.0 Å². The molecular weight excluding hydrogens is 764 g/mol. The first-order valence-corrected chi connectivity index (χ1v) is 18.9. The van der Waals surface area contributed by atoms with E-state index in [1.807, 2.05) is 58.9 Å². The molecule has 2 aromatic rings. The number of methoxy groups -OCH3 is 1. The van der Waals surface area contributed by atoms with Crippen LogP contribution in [0.1, 0.15) is 93.7 Å². The van der Waals surface area contributed by atoms with Crippen LogP contribution in [0.4, 0.5) is 0 Å². The van der Waals surface area contributed by atoms with E-state index in [2.05, 4.69) is 65.4 Å². The van der Waals surface area contributed by atoms with Gasteiger partial charge in [-0.05, 0) is 101 Å². The van der Waals surface area contributed by atoms with Crippen LogP contribution in [0, 0.1) is 27.7 Å². The van der Waals surface area contributed by atoms with E-state index >= 15 is 0 Å². The van der Waals surface area contributed by atoms with Gasteiger partial charge < -0.3 is 26.5 Å². The Hall–Kier alpha value is -2.40. The van der Waals surface area contributed by atoms with Crippen LogP contribution in [-0.2, 0) is 41.5 Å². The molecule has 0 bridgehead atoms. The van der Waals surface area contributed by atoms with Crippen molar-refractivity contribution in [1.29, 1.82) is 0 Å². The average molecular weight is 829 g/mol. The number of benzene rings is 2. The highest BCUT2D eigenvalue weighted by molar-refractivity contribution is 9.09. The molecule has 2 aromatic carbocycles. The monoisotopic (exact) mass is 826 g/mol. The van der Waals surface area contributed by atoms with Crippen LogP contribution in [0.3, 0.4) is 0 Å². The molecule has 0 spiro atoms. The Morgan fingerprint density at radius 2 is 1.18 bits per heavy atom. The predicted molar refractivity (Wildman–Crippen MR) is 204 cm³/mol. The Balaban J connectivity index is 0. The molecule has 0 aliphatic carbocycles. The van der Waals surface area contributed by atoms with Gasteiger partial charge in [-0.25, -0.2) is 0 Å². The number of Topliss-reactive ketones (excluding diaryl/α,β-unsaturated/α-hetero) is 2. The van der Waals surface area contributed by atoms with Gasteiger partial charge in [-0.15, -0.1) is 0 Å². The normalized spacial score (nSPS) is 10.6.